The molecule has 0 atom stereocenters. The summed E-state index contributed by atoms with van der Waals surface area (Å²) >= 11 is 5.83. The second kappa shape index (κ2) is 6.34. The Morgan fingerprint density at radius 3 is 2.54 bits per heavy atom. The second-order valence-electron chi connectivity index (χ2n) is 5.10. The molecule has 0 radical (unpaired) electrons. The Bertz CT molecular complexity index is 943. The van der Waals surface area contributed by atoms with Crippen LogP contribution in [0.4, 0.5) is 0 Å². The molecule has 0 amide bonds. The van der Waals surface area contributed by atoms with Crippen molar-refractivity contribution in [1.82, 2.24) is 25.1 Å². The van der Waals surface area contributed by atoms with Gasteiger partial charge in [0.25, 0.3) is 0 Å². The third-order valence-corrected chi connectivity index (χ3v) is 5.22. The lowest BCUT2D eigenvalue weighted by Crippen LogP contribution is -2.24. The van der Waals surface area contributed by atoms with E-state index in [0.717, 1.165) is 0 Å². The molecule has 2 heterocycles. The van der Waals surface area contributed by atoms with Gasteiger partial charge in [0.1, 0.15) is 4.90 Å². The highest BCUT2D eigenvalue weighted by Gasteiger charge is 2.22. The molecule has 0 unspecified atom stereocenters. The first-order valence-corrected chi connectivity index (χ1v) is 8.82. The molecule has 3 rings (SSSR count). The molecule has 0 bridgehead atoms. The van der Waals surface area contributed by atoms with Crippen molar-refractivity contribution in [3.63, 3.8) is 0 Å². The minimum Gasteiger partial charge on any atom is -0.419 e. The van der Waals surface area contributed by atoms with Crippen molar-refractivity contribution in [3.05, 3.63) is 46.6 Å². The van der Waals surface area contributed by atoms with E-state index >= 15 is 0 Å². The van der Waals surface area contributed by atoms with Gasteiger partial charge in [0.2, 0.25) is 21.8 Å². The second-order valence-corrected chi connectivity index (χ2v) is 7.24. The zero-order chi connectivity index (χ0) is 17.3. The molecule has 0 saturated heterocycles. The van der Waals surface area contributed by atoms with Gasteiger partial charge in [-0.1, -0.05) is 11.6 Å². The largest absolute Gasteiger partial charge is 0.419 e. The zero-order valence-corrected chi connectivity index (χ0v) is 14.4. The molecule has 8 nitrogen and oxygen atoms in total. The average molecular weight is 368 g/mol. The minimum atomic E-state index is -3.73. The van der Waals surface area contributed by atoms with E-state index in [-0.39, 0.29) is 23.2 Å². The standard InChI is InChI=1S/C14H14ClN5O3S/c1-8-13(9(2)18-17-8)24(21,22)16-7-12-19-20-14(23-12)10-3-5-11(15)6-4-10/h3-6,16H,7H2,1-2H3,(H,17,18). The number of aryl methyl sites for hydroxylation is 2. The molecule has 24 heavy (non-hydrogen) atoms. The third kappa shape index (κ3) is 3.32. The van der Waals surface area contributed by atoms with Gasteiger partial charge in [0.05, 0.1) is 17.9 Å². The predicted octanol–water partition coefficient (Wildman–Crippen LogP) is 2.21. The molecule has 0 aliphatic heterocycles. The van der Waals surface area contributed by atoms with Crippen molar-refractivity contribution in [3.8, 4) is 11.5 Å². The van der Waals surface area contributed by atoms with Crippen molar-refractivity contribution in [1.29, 1.82) is 0 Å². The minimum absolute atomic E-state index is 0.118. The van der Waals surface area contributed by atoms with Gasteiger partial charge in [-0.15, -0.1) is 10.2 Å². The van der Waals surface area contributed by atoms with Crippen molar-refractivity contribution in [2.45, 2.75) is 25.3 Å². The quantitative estimate of drug-likeness (QED) is 0.714. The highest BCUT2D eigenvalue weighted by Crippen LogP contribution is 2.21. The molecule has 126 valence electrons. The molecule has 0 fully saturated rings. The number of aromatic nitrogens is 4. The summed E-state index contributed by atoms with van der Waals surface area (Å²) in [4.78, 5) is 0.125. The molecule has 3 aromatic rings. The number of nitrogens with one attached hydrogen (secondary N) is 2. The first kappa shape index (κ1) is 16.6. The van der Waals surface area contributed by atoms with Crippen LogP contribution in [0, 0.1) is 13.8 Å². The van der Waals surface area contributed by atoms with Crippen LogP contribution >= 0.6 is 11.6 Å². The van der Waals surface area contributed by atoms with Crippen LogP contribution in [0.2, 0.25) is 5.02 Å². The summed E-state index contributed by atoms with van der Waals surface area (Å²) in [5.41, 5.74) is 1.56. The monoisotopic (exact) mass is 367 g/mol. The Hall–Kier alpha value is -2.23. The smallest absolute Gasteiger partial charge is 0.247 e. The van der Waals surface area contributed by atoms with Crippen LogP contribution < -0.4 is 4.72 Å². The number of nitrogens with zero attached hydrogens (tertiary/aromatic N) is 3. The van der Waals surface area contributed by atoms with Crippen LogP contribution in [0.15, 0.2) is 33.6 Å². The van der Waals surface area contributed by atoms with Crippen LogP contribution in [-0.2, 0) is 16.6 Å². The maximum absolute atomic E-state index is 12.3. The Kier molecular flexibility index (Phi) is 4.39. The summed E-state index contributed by atoms with van der Waals surface area (Å²) in [5, 5.41) is 14.9. The lowest BCUT2D eigenvalue weighted by molar-refractivity contribution is 0.494. The van der Waals surface area contributed by atoms with Crippen molar-refractivity contribution < 1.29 is 12.8 Å². The first-order chi connectivity index (χ1) is 11.4. The van der Waals surface area contributed by atoms with Gasteiger partial charge < -0.3 is 4.42 Å². The van der Waals surface area contributed by atoms with Crippen molar-refractivity contribution in [2.75, 3.05) is 0 Å². The molecular weight excluding hydrogens is 354 g/mol. The van der Waals surface area contributed by atoms with E-state index in [4.69, 9.17) is 16.0 Å². The van der Waals surface area contributed by atoms with Gasteiger partial charge >= 0.3 is 0 Å². The topological polar surface area (TPSA) is 114 Å². The predicted molar refractivity (Wildman–Crippen MR) is 86.8 cm³/mol. The van der Waals surface area contributed by atoms with E-state index in [9.17, 15) is 8.42 Å². The van der Waals surface area contributed by atoms with Gasteiger partial charge in [0, 0.05) is 10.6 Å². The summed E-state index contributed by atoms with van der Waals surface area (Å²) in [6.45, 7) is 3.14. The Morgan fingerprint density at radius 2 is 1.92 bits per heavy atom. The normalized spacial score (nSPS) is 11.8. The number of sulfonamides is 1. The summed E-state index contributed by atoms with van der Waals surface area (Å²) in [6.07, 6.45) is 0. The number of halogens is 1. The van der Waals surface area contributed by atoms with E-state index in [0.29, 0.717) is 22.0 Å². The molecule has 1 aromatic carbocycles. The molecule has 10 heteroatoms. The Labute approximate surface area is 143 Å². The number of aromatic amines is 1. The van der Waals surface area contributed by atoms with E-state index in [1.165, 1.54) is 0 Å². The number of hydrogen-bond acceptors (Lipinski definition) is 6. The lowest BCUT2D eigenvalue weighted by Gasteiger charge is -2.04. The van der Waals surface area contributed by atoms with Crippen molar-refractivity contribution in [2.24, 2.45) is 0 Å². The number of rotatable bonds is 5. The van der Waals surface area contributed by atoms with Crippen LogP contribution in [0.25, 0.3) is 11.5 Å². The average Bonchev–Trinajstić information content (AvgIpc) is 3.13. The van der Waals surface area contributed by atoms with Crippen molar-refractivity contribution >= 4 is 21.6 Å². The SMILES string of the molecule is Cc1n[nH]c(C)c1S(=O)(=O)NCc1nnc(-c2ccc(Cl)cc2)o1. The fraction of sp³-hybridized carbons (Fsp3) is 0.214. The van der Waals surface area contributed by atoms with Gasteiger partial charge in [0.15, 0.2) is 0 Å². The van der Waals surface area contributed by atoms with Gasteiger partial charge in [-0.25, -0.2) is 13.1 Å². The highest BCUT2D eigenvalue weighted by molar-refractivity contribution is 7.89. The summed E-state index contributed by atoms with van der Waals surface area (Å²) in [5.74, 6) is 0.443. The summed E-state index contributed by atoms with van der Waals surface area (Å²) < 4.78 is 32.6. The van der Waals surface area contributed by atoms with Crippen LogP contribution in [0.1, 0.15) is 17.3 Å². The lowest BCUT2D eigenvalue weighted by atomic mass is 10.2. The van der Waals surface area contributed by atoms with Crippen LogP contribution in [-0.4, -0.2) is 28.8 Å². The highest BCUT2D eigenvalue weighted by atomic mass is 35.5. The van der Waals surface area contributed by atoms with Gasteiger partial charge in [-0.2, -0.15) is 5.10 Å². The molecule has 2 aromatic heterocycles. The van der Waals surface area contributed by atoms with E-state index in [1.54, 1.807) is 38.1 Å². The number of benzene rings is 1. The zero-order valence-electron chi connectivity index (χ0n) is 12.9. The van der Waals surface area contributed by atoms with Gasteiger partial charge in [-0.3, -0.25) is 5.10 Å². The van der Waals surface area contributed by atoms with E-state index < -0.39 is 10.0 Å². The third-order valence-electron chi connectivity index (χ3n) is 3.30. The fourth-order valence-electron chi connectivity index (χ4n) is 2.20. The summed E-state index contributed by atoms with van der Waals surface area (Å²) in [6, 6.07) is 6.88. The molecule has 0 aliphatic rings. The Morgan fingerprint density at radius 1 is 1.21 bits per heavy atom. The first-order valence-electron chi connectivity index (χ1n) is 6.96. The van der Waals surface area contributed by atoms with E-state index in [2.05, 4.69) is 25.1 Å². The van der Waals surface area contributed by atoms with Gasteiger partial charge in [-0.05, 0) is 38.1 Å². The number of hydrogen-bond donors (Lipinski definition) is 2. The molecule has 0 aliphatic carbocycles. The van der Waals surface area contributed by atoms with Crippen LogP contribution in [0.3, 0.4) is 0 Å². The Balaban J connectivity index is 1.75. The number of H-pyrrole nitrogens is 1. The summed E-state index contributed by atoms with van der Waals surface area (Å²) in [7, 11) is -3.73. The van der Waals surface area contributed by atoms with E-state index in [1.807, 2.05) is 0 Å². The molecule has 2 N–H and O–H groups in total. The molecule has 0 saturated carbocycles. The maximum atomic E-state index is 12.3. The maximum Gasteiger partial charge on any atom is 0.247 e. The van der Waals surface area contributed by atoms with Crippen LogP contribution in [0.5, 0.6) is 0 Å². The molecular formula is C14H14ClN5O3S. The molecule has 0 spiro atoms. The fourth-order valence-corrected chi connectivity index (χ4v) is 3.67.